The summed E-state index contributed by atoms with van der Waals surface area (Å²) in [5, 5.41) is 5.48. The number of hydrogen-bond donors (Lipinski definition) is 1. The van der Waals surface area contributed by atoms with Crippen LogP contribution in [0.25, 0.3) is 0 Å². The standard InChI is InChI=1S/C13H19NO2S/c1-2-12(17-7-1)10-15-11-8-13(16-9-11)3-5-14-6-4-13/h1-2,7,11,14H,3-6,8-10H2. The Kier molecular flexibility index (Phi) is 3.47. The normalized spacial score (nSPS) is 27.6. The molecule has 0 amide bonds. The van der Waals surface area contributed by atoms with E-state index in [4.69, 9.17) is 9.47 Å². The maximum Gasteiger partial charge on any atom is 0.0841 e. The predicted octanol–water partition coefficient (Wildman–Crippen LogP) is 2.18. The zero-order valence-corrected chi connectivity index (χ0v) is 10.8. The van der Waals surface area contributed by atoms with Crippen molar-refractivity contribution in [2.75, 3.05) is 19.7 Å². The number of piperidine rings is 1. The van der Waals surface area contributed by atoms with Crippen molar-refractivity contribution in [3.05, 3.63) is 22.4 Å². The monoisotopic (exact) mass is 253 g/mol. The fourth-order valence-corrected chi connectivity index (χ4v) is 3.36. The van der Waals surface area contributed by atoms with Gasteiger partial charge in [-0.3, -0.25) is 0 Å². The first-order valence-corrected chi connectivity index (χ1v) is 7.23. The first-order valence-electron chi connectivity index (χ1n) is 6.35. The van der Waals surface area contributed by atoms with Crippen LogP contribution in [0, 0.1) is 0 Å². The fraction of sp³-hybridized carbons (Fsp3) is 0.692. The van der Waals surface area contributed by atoms with Crippen LogP contribution in [0.3, 0.4) is 0 Å². The van der Waals surface area contributed by atoms with E-state index < -0.39 is 0 Å². The summed E-state index contributed by atoms with van der Waals surface area (Å²) in [5.41, 5.74) is 0.116. The van der Waals surface area contributed by atoms with Gasteiger partial charge < -0.3 is 14.8 Å². The van der Waals surface area contributed by atoms with Gasteiger partial charge in [-0.1, -0.05) is 6.07 Å². The van der Waals surface area contributed by atoms with Gasteiger partial charge in [0, 0.05) is 11.3 Å². The Balaban J connectivity index is 1.50. The van der Waals surface area contributed by atoms with Crippen LogP contribution in [0.15, 0.2) is 17.5 Å². The van der Waals surface area contributed by atoms with Crippen LogP contribution in [-0.2, 0) is 16.1 Å². The first kappa shape index (κ1) is 11.7. The lowest BCUT2D eigenvalue weighted by molar-refractivity contribution is -0.0240. The second-order valence-corrected chi connectivity index (χ2v) is 5.99. The van der Waals surface area contributed by atoms with E-state index in [1.54, 1.807) is 11.3 Å². The van der Waals surface area contributed by atoms with E-state index in [1.807, 2.05) is 0 Å². The summed E-state index contributed by atoms with van der Waals surface area (Å²) >= 11 is 1.76. The number of thiophene rings is 1. The van der Waals surface area contributed by atoms with Gasteiger partial charge in [0.05, 0.1) is 24.9 Å². The van der Waals surface area contributed by atoms with E-state index in [9.17, 15) is 0 Å². The Morgan fingerprint density at radius 2 is 2.35 bits per heavy atom. The molecule has 4 heteroatoms. The van der Waals surface area contributed by atoms with Crippen LogP contribution in [0.2, 0.25) is 0 Å². The van der Waals surface area contributed by atoms with Gasteiger partial charge in [0.15, 0.2) is 0 Å². The Labute approximate surface area is 106 Å². The lowest BCUT2D eigenvalue weighted by Crippen LogP contribution is -2.41. The number of nitrogens with one attached hydrogen (secondary N) is 1. The van der Waals surface area contributed by atoms with Crippen molar-refractivity contribution in [2.45, 2.75) is 37.6 Å². The quantitative estimate of drug-likeness (QED) is 0.895. The molecule has 0 aliphatic carbocycles. The van der Waals surface area contributed by atoms with Crippen molar-refractivity contribution in [1.29, 1.82) is 0 Å². The van der Waals surface area contributed by atoms with Gasteiger partial charge in [0.1, 0.15) is 0 Å². The van der Waals surface area contributed by atoms with Crippen LogP contribution in [0.4, 0.5) is 0 Å². The highest BCUT2D eigenvalue weighted by Crippen LogP contribution is 2.35. The Bertz CT molecular complexity index is 346. The molecule has 2 fully saturated rings. The molecule has 2 aliphatic rings. The molecule has 0 radical (unpaired) electrons. The molecule has 1 spiro atoms. The smallest absolute Gasteiger partial charge is 0.0841 e. The number of rotatable bonds is 3. The third kappa shape index (κ3) is 2.71. The largest absolute Gasteiger partial charge is 0.372 e. The van der Waals surface area contributed by atoms with Gasteiger partial charge in [-0.05, 0) is 37.4 Å². The van der Waals surface area contributed by atoms with Crippen molar-refractivity contribution >= 4 is 11.3 Å². The molecule has 3 heterocycles. The Morgan fingerprint density at radius 1 is 1.47 bits per heavy atom. The maximum atomic E-state index is 6.00. The molecular formula is C13H19NO2S. The minimum atomic E-state index is 0.116. The molecule has 1 atom stereocenters. The van der Waals surface area contributed by atoms with Crippen LogP contribution in [-0.4, -0.2) is 31.4 Å². The molecular weight excluding hydrogens is 234 g/mol. The third-order valence-corrected chi connectivity index (χ3v) is 4.58. The summed E-state index contributed by atoms with van der Waals surface area (Å²) in [4.78, 5) is 1.30. The number of ether oxygens (including phenoxy) is 2. The third-order valence-electron chi connectivity index (χ3n) is 3.73. The van der Waals surface area contributed by atoms with Crippen molar-refractivity contribution in [3.8, 4) is 0 Å². The highest BCUT2D eigenvalue weighted by molar-refractivity contribution is 7.09. The zero-order valence-electron chi connectivity index (χ0n) is 9.98. The van der Waals surface area contributed by atoms with Gasteiger partial charge in [0.2, 0.25) is 0 Å². The molecule has 94 valence electrons. The van der Waals surface area contributed by atoms with Crippen molar-refractivity contribution in [2.24, 2.45) is 0 Å². The van der Waals surface area contributed by atoms with E-state index >= 15 is 0 Å². The molecule has 3 rings (SSSR count). The van der Waals surface area contributed by atoms with Crippen LogP contribution >= 0.6 is 11.3 Å². The predicted molar refractivity (Wildman–Crippen MR) is 68.3 cm³/mol. The van der Waals surface area contributed by atoms with Crippen LogP contribution < -0.4 is 5.32 Å². The highest BCUT2D eigenvalue weighted by Gasteiger charge is 2.41. The minimum Gasteiger partial charge on any atom is -0.372 e. The van der Waals surface area contributed by atoms with E-state index in [0.717, 1.165) is 45.6 Å². The first-order chi connectivity index (χ1) is 8.36. The van der Waals surface area contributed by atoms with E-state index in [-0.39, 0.29) is 11.7 Å². The zero-order chi connectivity index (χ0) is 11.6. The summed E-state index contributed by atoms with van der Waals surface area (Å²) in [6.45, 7) is 3.67. The van der Waals surface area contributed by atoms with Crippen LogP contribution in [0.1, 0.15) is 24.1 Å². The summed E-state index contributed by atoms with van der Waals surface area (Å²) in [6.07, 6.45) is 3.62. The molecule has 3 nitrogen and oxygen atoms in total. The molecule has 0 saturated carbocycles. The molecule has 2 aliphatic heterocycles. The molecule has 0 aromatic carbocycles. The van der Waals surface area contributed by atoms with E-state index in [1.165, 1.54) is 4.88 Å². The SMILES string of the molecule is c1csc(COC2COC3(CCNCC3)C2)c1. The van der Waals surface area contributed by atoms with Gasteiger partial charge in [-0.15, -0.1) is 11.3 Å². The molecule has 2 saturated heterocycles. The Hall–Kier alpha value is -0.420. The van der Waals surface area contributed by atoms with Crippen LogP contribution in [0.5, 0.6) is 0 Å². The van der Waals surface area contributed by atoms with Crippen molar-refractivity contribution < 1.29 is 9.47 Å². The topological polar surface area (TPSA) is 30.5 Å². The lowest BCUT2D eigenvalue weighted by atomic mass is 9.89. The second-order valence-electron chi connectivity index (χ2n) is 4.96. The van der Waals surface area contributed by atoms with Gasteiger partial charge in [-0.2, -0.15) is 0 Å². The lowest BCUT2D eigenvalue weighted by Gasteiger charge is -2.32. The van der Waals surface area contributed by atoms with E-state index in [0.29, 0.717) is 0 Å². The molecule has 0 bridgehead atoms. The highest BCUT2D eigenvalue weighted by atomic mass is 32.1. The molecule has 1 aromatic heterocycles. The maximum absolute atomic E-state index is 6.00. The summed E-state index contributed by atoms with van der Waals surface area (Å²) < 4.78 is 11.9. The fourth-order valence-electron chi connectivity index (χ4n) is 2.74. The Morgan fingerprint density at radius 3 is 3.12 bits per heavy atom. The summed E-state index contributed by atoms with van der Waals surface area (Å²) in [6, 6.07) is 4.20. The van der Waals surface area contributed by atoms with Crippen molar-refractivity contribution in [1.82, 2.24) is 5.32 Å². The molecule has 1 unspecified atom stereocenters. The number of hydrogen-bond acceptors (Lipinski definition) is 4. The summed E-state index contributed by atoms with van der Waals surface area (Å²) in [5.74, 6) is 0. The van der Waals surface area contributed by atoms with Gasteiger partial charge >= 0.3 is 0 Å². The molecule has 1 aromatic rings. The van der Waals surface area contributed by atoms with Crippen molar-refractivity contribution in [3.63, 3.8) is 0 Å². The van der Waals surface area contributed by atoms with Gasteiger partial charge in [-0.25, -0.2) is 0 Å². The van der Waals surface area contributed by atoms with E-state index in [2.05, 4.69) is 22.8 Å². The molecule has 17 heavy (non-hydrogen) atoms. The molecule has 1 N–H and O–H groups in total. The van der Waals surface area contributed by atoms with Gasteiger partial charge in [0.25, 0.3) is 0 Å². The minimum absolute atomic E-state index is 0.116. The second kappa shape index (κ2) is 5.06. The summed E-state index contributed by atoms with van der Waals surface area (Å²) in [7, 11) is 0. The average Bonchev–Trinajstić information content (AvgIpc) is 2.98. The average molecular weight is 253 g/mol.